The molecule has 5 heteroatoms. The second-order valence-corrected chi connectivity index (χ2v) is 7.95. The van der Waals surface area contributed by atoms with E-state index in [1.54, 1.807) is 11.3 Å². The van der Waals surface area contributed by atoms with Crippen LogP contribution in [0.3, 0.4) is 0 Å². The Morgan fingerprint density at radius 2 is 2.26 bits per heavy atom. The molecule has 1 fully saturated rings. The van der Waals surface area contributed by atoms with Gasteiger partial charge in [0.25, 0.3) is 0 Å². The van der Waals surface area contributed by atoms with Crippen molar-refractivity contribution in [3.05, 3.63) is 22.4 Å². The van der Waals surface area contributed by atoms with Crippen LogP contribution in [0.5, 0.6) is 0 Å². The minimum atomic E-state index is 0.0326. The van der Waals surface area contributed by atoms with Gasteiger partial charge in [-0.1, -0.05) is 19.9 Å². The van der Waals surface area contributed by atoms with E-state index in [-0.39, 0.29) is 18.2 Å². The monoisotopic (exact) mass is 338 g/mol. The molecule has 1 aromatic rings. The molecule has 4 nitrogen and oxygen atoms in total. The van der Waals surface area contributed by atoms with Crippen molar-refractivity contribution in [2.24, 2.45) is 5.92 Å². The lowest BCUT2D eigenvalue weighted by Gasteiger charge is -2.27. The van der Waals surface area contributed by atoms with Gasteiger partial charge in [-0.25, -0.2) is 4.79 Å². The minimum absolute atomic E-state index is 0.0326. The fraction of sp³-hybridized carbons (Fsp3) is 0.722. The Morgan fingerprint density at radius 1 is 1.43 bits per heavy atom. The quantitative estimate of drug-likeness (QED) is 0.769. The van der Waals surface area contributed by atoms with E-state index in [1.807, 2.05) is 11.0 Å². The third kappa shape index (κ3) is 6.51. The molecule has 2 unspecified atom stereocenters. The number of rotatable bonds is 8. The highest BCUT2D eigenvalue weighted by Crippen LogP contribution is 2.17. The van der Waals surface area contributed by atoms with E-state index in [2.05, 4.69) is 37.5 Å². The summed E-state index contributed by atoms with van der Waals surface area (Å²) in [6.45, 7) is 8.70. The van der Waals surface area contributed by atoms with E-state index in [9.17, 15) is 4.79 Å². The van der Waals surface area contributed by atoms with Crippen molar-refractivity contribution in [1.29, 1.82) is 0 Å². The summed E-state index contributed by atoms with van der Waals surface area (Å²) in [4.78, 5) is 15.8. The topological polar surface area (TPSA) is 41.6 Å². The van der Waals surface area contributed by atoms with Crippen molar-refractivity contribution in [3.63, 3.8) is 0 Å². The molecule has 2 atom stereocenters. The maximum atomic E-state index is 12.7. The van der Waals surface area contributed by atoms with E-state index >= 15 is 0 Å². The summed E-state index contributed by atoms with van der Waals surface area (Å²) in [6, 6.07) is 4.36. The van der Waals surface area contributed by atoms with Gasteiger partial charge in [-0.3, -0.25) is 0 Å². The van der Waals surface area contributed by atoms with Crippen molar-refractivity contribution in [2.45, 2.75) is 65.1 Å². The summed E-state index contributed by atoms with van der Waals surface area (Å²) >= 11 is 1.70. The van der Waals surface area contributed by atoms with Crippen LogP contribution in [-0.4, -0.2) is 36.2 Å². The number of carbonyl (C=O) groups excluding carboxylic acids is 1. The van der Waals surface area contributed by atoms with Crippen LogP contribution in [0, 0.1) is 5.92 Å². The van der Waals surface area contributed by atoms with Gasteiger partial charge in [0.15, 0.2) is 0 Å². The molecule has 2 amide bonds. The number of thiophene rings is 1. The van der Waals surface area contributed by atoms with Gasteiger partial charge in [0.2, 0.25) is 0 Å². The first kappa shape index (κ1) is 18.3. The molecule has 0 aliphatic carbocycles. The van der Waals surface area contributed by atoms with E-state index < -0.39 is 0 Å². The number of urea groups is 1. The number of nitrogens with zero attached hydrogens (tertiary/aromatic N) is 1. The van der Waals surface area contributed by atoms with Crippen molar-refractivity contribution >= 4 is 17.4 Å². The minimum Gasteiger partial charge on any atom is -0.376 e. The van der Waals surface area contributed by atoms with Crippen LogP contribution in [0.25, 0.3) is 0 Å². The highest BCUT2D eigenvalue weighted by atomic mass is 32.1. The van der Waals surface area contributed by atoms with Gasteiger partial charge < -0.3 is 15.0 Å². The molecular formula is C18H30N2O2S. The summed E-state index contributed by atoms with van der Waals surface area (Å²) in [6.07, 6.45) is 4.50. The van der Waals surface area contributed by atoms with E-state index in [0.717, 1.165) is 32.3 Å². The molecule has 0 bridgehead atoms. The predicted molar refractivity (Wildman–Crippen MR) is 95.8 cm³/mol. The Hall–Kier alpha value is -1.07. The number of ether oxygens (including phenoxy) is 1. The molecule has 0 aromatic carbocycles. The summed E-state index contributed by atoms with van der Waals surface area (Å²) in [5, 5.41) is 5.22. The Morgan fingerprint density at radius 3 is 2.87 bits per heavy atom. The Labute approximate surface area is 144 Å². The van der Waals surface area contributed by atoms with Crippen molar-refractivity contribution in [1.82, 2.24) is 10.2 Å². The van der Waals surface area contributed by atoms with Gasteiger partial charge in [-0.2, -0.15) is 0 Å². The van der Waals surface area contributed by atoms with Crippen LogP contribution in [0.1, 0.15) is 51.3 Å². The number of nitrogens with one attached hydrogen (secondary N) is 1. The first-order chi connectivity index (χ1) is 11.0. The fourth-order valence-corrected chi connectivity index (χ4v) is 3.52. The van der Waals surface area contributed by atoms with Crippen LogP contribution in [0.4, 0.5) is 4.79 Å². The lowest BCUT2D eigenvalue weighted by atomic mass is 10.0. The van der Waals surface area contributed by atoms with Gasteiger partial charge in [-0.15, -0.1) is 11.3 Å². The van der Waals surface area contributed by atoms with Crippen molar-refractivity contribution < 1.29 is 9.53 Å². The van der Waals surface area contributed by atoms with Gasteiger partial charge in [0, 0.05) is 24.1 Å². The lowest BCUT2D eigenvalue weighted by molar-refractivity contribution is 0.0791. The van der Waals surface area contributed by atoms with Crippen LogP contribution >= 0.6 is 11.3 Å². The molecule has 1 aromatic heterocycles. The zero-order valence-corrected chi connectivity index (χ0v) is 15.4. The first-order valence-corrected chi connectivity index (χ1v) is 9.62. The Kier molecular flexibility index (Phi) is 7.37. The molecule has 0 spiro atoms. The number of hydrogen-bond donors (Lipinski definition) is 1. The Balaban J connectivity index is 1.89. The number of hydrogen-bond acceptors (Lipinski definition) is 3. The fourth-order valence-electron chi connectivity index (χ4n) is 2.80. The molecule has 0 radical (unpaired) electrons. The van der Waals surface area contributed by atoms with Crippen molar-refractivity contribution in [2.75, 3.05) is 13.2 Å². The maximum absolute atomic E-state index is 12.7. The number of carbonyl (C=O) groups is 1. The first-order valence-electron chi connectivity index (χ1n) is 8.74. The van der Waals surface area contributed by atoms with Crippen LogP contribution < -0.4 is 5.32 Å². The maximum Gasteiger partial charge on any atom is 0.318 e. The zero-order chi connectivity index (χ0) is 16.7. The summed E-state index contributed by atoms with van der Waals surface area (Å²) < 4.78 is 5.72. The molecule has 0 saturated carbocycles. The second-order valence-electron chi connectivity index (χ2n) is 6.92. The average Bonchev–Trinajstić information content (AvgIpc) is 3.18. The summed E-state index contributed by atoms with van der Waals surface area (Å²) in [5.74, 6) is 0.670. The third-order valence-corrected chi connectivity index (χ3v) is 5.07. The van der Waals surface area contributed by atoms with Crippen molar-refractivity contribution in [3.8, 4) is 0 Å². The molecule has 1 aliphatic heterocycles. The molecule has 23 heavy (non-hydrogen) atoms. The van der Waals surface area contributed by atoms with E-state index in [1.165, 1.54) is 4.88 Å². The van der Waals surface area contributed by atoms with Gasteiger partial charge in [0.1, 0.15) is 0 Å². The smallest absolute Gasteiger partial charge is 0.318 e. The van der Waals surface area contributed by atoms with Crippen LogP contribution in [0.15, 0.2) is 17.5 Å². The largest absolute Gasteiger partial charge is 0.376 e. The zero-order valence-electron chi connectivity index (χ0n) is 14.6. The highest BCUT2D eigenvalue weighted by molar-refractivity contribution is 7.09. The molecular weight excluding hydrogens is 308 g/mol. The summed E-state index contributed by atoms with van der Waals surface area (Å²) in [5.41, 5.74) is 0. The second kappa shape index (κ2) is 9.28. The van der Waals surface area contributed by atoms with Crippen LogP contribution in [0.2, 0.25) is 0 Å². The predicted octanol–water partition coefficient (Wildman–Crippen LogP) is 4.26. The van der Waals surface area contributed by atoms with E-state index in [0.29, 0.717) is 19.0 Å². The molecule has 1 saturated heterocycles. The summed E-state index contributed by atoms with van der Waals surface area (Å²) in [7, 11) is 0. The number of amides is 2. The normalized spacial score (nSPS) is 19.0. The van der Waals surface area contributed by atoms with E-state index in [4.69, 9.17) is 4.74 Å². The average molecular weight is 339 g/mol. The SMILES string of the molecule is CC(C)CCC(C)NC(=O)N(Cc1cccs1)CC1CCCO1. The van der Waals surface area contributed by atoms with Gasteiger partial charge in [-0.05, 0) is 50.0 Å². The molecule has 1 aliphatic rings. The highest BCUT2D eigenvalue weighted by Gasteiger charge is 2.23. The molecule has 2 rings (SSSR count). The standard InChI is InChI=1S/C18H30N2O2S/c1-14(2)8-9-15(3)19-18(21)20(12-16-6-4-10-22-16)13-17-7-5-11-23-17/h5,7,11,14-16H,4,6,8-10,12-13H2,1-3H3,(H,19,21). The molecule has 130 valence electrons. The van der Waals surface area contributed by atoms with Gasteiger partial charge in [0.05, 0.1) is 12.6 Å². The third-order valence-electron chi connectivity index (χ3n) is 4.21. The van der Waals surface area contributed by atoms with Crippen LogP contribution in [-0.2, 0) is 11.3 Å². The lowest BCUT2D eigenvalue weighted by Crippen LogP contribution is -2.46. The Bertz CT molecular complexity index is 456. The molecule has 1 N–H and O–H groups in total. The van der Waals surface area contributed by atoms with Gasteiger partial charge >= 0.3 is 6.03 Å². The molecule has 2 heterocycles.